The Balaban J connectivity index is 2.12. The molecule has 0 aromatic heterocycles. The molecule has 0 radical (unpaired) electrons. The zero-order valence-electron chi connectivity index (χ0n) is 7.86. The SMILES string of the molecule is NCCOc1ccc2c(c1)OCCO2. The highest BCUT2D eigenvalue weighted by molar-refractivity contribution is 5.46. The predicted octanol–water partition coefficient (Wildman–Crippen LogP) is 0.795. The smallest absolute Gasteiger partial charge is 0.165 e. The van der Waals surface area contributed by atoms with Gasteiger partial charge in [-0.2, -0.15) is 0 Å². The Morgan fingerprint density at radius 1 is 1.21 bits per heavy atom. The highest BCUT2D eigenvalue weighted by Gasteiger charge is 2.11. The lowest BCUT2D eigenvalue weighted by Crippen LogP contribution is -2.15. The highest BCUT2D eigenvalue weighted by Crippen LogP contribution is 2.33. The van der Waals surface area contributed by atoms with Crippen molar-refractivity contribution >= 4 is 0 Å². The Bertz CT molecular complexity index is 314. The quantitative estimate of drug-likeness (QED) is 0.775. The van der Waals surface area contributed by atoms with Crippen LogP contribution in [0.25, 0.3) is 0 Å². The van der Waals surface area contributed by atoms with Gasteiger partial charge in [0.2, 0.25) is 0 Å². The lowest BCUT2D eigenvalue weighted by Gasteiger charge is -2.18. The second-order valence-electron chi connectivity index (χ2n) is 2.94. The van der Waals surface area contributed by atoms with Gasteiger partial charge in [-0.3, -0.25) is 0 Å². The first-order chi connectivity index (χ1) is 6.90. The number of hydrogen-bond acceptors (Lipinski definition) is 4. The summed E-state index contributed by atoms with van der Waals surface area (Å²) in [4.78, 5) is 0. The maximum absolute atomic E-state index is 5.41. The molecule has 0 amide bonds. The van der Waals surface area contributed by atoms with Crippen LogP contribution in [0.4, 0.5) is 0 Å². The monoisotopic (exact) mass is 195 g/mol. The molecule has 1 aliphatic heterocycles. The summed E-state index contributed by atoms with van der Waals surface area (Å²) in [6.45, 7) is 2.22. The number of fused-ring (bicyclic) bond motifs is 1. The van der Waals surface area contributed by atoms with Crippen LogP contribution in [0, 0.1) is 0 Å². The van der Waals surface area contributed by atoms with Crippen molar-refractivity contribution < 1.29 is 14.2 Å². The van der Waals surface area contributed by atoms with Gasteiger partial charge in [-0.05, 0) is 12.1 Å². The lowest BCUT2D eigenvalue weighted by atomic mass is 10.3. The van der Waals surface area contributed by atoms with E-state index in [2.05, 4.69) is 0 Å². The van der Waals surface area contributed by atoms with Crippen LogP contribution in [0.5, 0.6) is 17.2 Å². The summed E-state index contributed by atoms with van der Waals surface area (Å²) in [6.07, 6.45) is 0. The molecule has 76 valence electrons. The minimum absolute atomic E-state index is 0.508. The predicted molar refractivity (Wildman–Crippen MR) is 52.0 cm³/mol. The van der Waals surface area contributed by atoms with Crippen LogP contribution in [0.2, 0.25) is 0 Å². The van der Waals surface area contributed by atoms with Gasteiger partial charge in [-0.1, -0.05) is 0 Å². The van der Waals surface area contributed by atoms with Crippen LogP contribution in [0.15, 0.2) is 18.2 Å². The molecule has 0 aliphatic carbocycles. The minimum Gasteiger partial charge on any atom is -0.492 e. The van der Waals surface area contributed by atoms with Crippen LogP contribution in [-0.4, -0.2) is 26.4 Å². The molecule has 4 heteroatoms. The number of benzene rings is 1. The van der Waals surface area contributed by atoms with Crippen LogP contribution < -0.4 is 19.9 Å². The molecular weight excluding hydrogens is 182 g/mol. The van der Waals surface area contributed by atoms with Gasteiger partial charge in [0.15, 0.2) is 11.5 Å². The first-order valence-corrected chi connectivity index (χ1v) is 4.62. The Hall–Kier alpha value is -1.42. The van der Waals surface area contributed by atoms with E-state index in [1.165, 1.54) is 0 Å². The molecule has 2 N–H and O–H groups in total. The Labute approximate surface area is 82.6 Å². The molecule has 2 rings (SSSR count). The van der Waals surface area contributed by atoms with Gasteiger partial charge in [0.25, 0.3) is 0 Å². The van der Waals surface area contributed by atoms with Gasteiger partial charge in [0.05, 0.1) is 0 Å². The van der Waals surface area contributed by atoms with Crippen molar-refractivity contribution in [2.75, 3.05) is 26.4 Å². The molecule has 0 fully saturated rings. The third-order valence-corrected chi connectivity index (χ3v) is 1.90. The number of rotatable bonds is 3. The van der Waals surface area contributed by atoms with Gasteiger partial charge >= 0.3 is 0 Å². The molecule has 0 bridgehead atoms. The molecule has 1 heterocycles. The van der Waals surface area contributed by atoms with Crippen molar-refractivity contribution in [2.45, 2.75) is 0 Å². The Morgan fingerprint density at radius 2 is 2.00 bits per heavy atom. The second kappa shape index (κ2) is 4.19. The maximum Gasteiger partial charge on any atom is 0.165 e. The van der Waals surface area contributed by atoms with E-state index in [0.717, 1.165) is 17.2 Å². The van der Waals surface area contributed by atoms with Crippen molar-refractivity contribution in [3.63, 3.8) is 0 Å². The van der Waals surface area contributed by atoms with E-state index < -0.39 is 0 Å². The summed E-state index contributed by atoms with van der Waals surface area (Å²) >= 11 is 0. The summed E-state index contributed by atoms with van der Waals surface area (Å²) in [5.41, 5.74) is 5.33. The molecule has 1 aromatic carbocycles. The molecule has 1 aromatic rings. The number of ether oxygens (including phenoxy) is 3. The summed E-state index contributed by atoms with van der Waals surface area (Å²) in [5, 5.41) is 0. The van der Waals surface area contributed by atoms with E-state index in [4.69, 9.17) is 19.9 Å². The van der Waals surface area contributed by atoms with E-state index in [9.17, 15) is 0 Å². The maximum atomic E-state index is 5.41. The second-order valence-corrected chi connectivity index (χ2v) is 2.94. The molecule has 4 nitrogen and oxygen atoms in total. The average molecular weight is 195 g/mol. The molecule has 0 unspecified atom stereocenters. The molecule has 0 saturated carbocycles. The normalized spacial score (nSPS) is 13.8. The van der Waals surface area contributed by atoms with Crippen molar-refractivity contribution in [1.82, 2.24) is 0 Å². The largest absolute Gasteiger partial charge is 0.492 e. The summed E-state index contributed by atoms with van der Waals surface area (Å²) in [7, 11) is 0. The fraction of sp³-hybridized carbons (Fsp3) is 0.400. The van der Waals surface area contributed by atoms with Gasteiger partial charge in [-0.15, -0.1) is 0 Å². The Kier molecular flexibility index (Phi) is 2.74. The van der Waals surface area contributed by atoms with Gasteiger partial charge in [-0.25, -0.2) is 0 Å². The third-order valence-electron chi connectivity index (χ3n) is 1.90. The molecular formula is C10H13NO3. The van der Waals surface area contributed by atoms with Gasteiger partial charge < -0.3 is 19.9 Å². The van der Waals surface area contributed by atoms with E-state index >= 15 is 0 Å². The fourth-order valence-corrected chi connectivity index (χ4v) is 1.29. The standard InChI is InChI=1S/C10H13NO3/c11-3-4-12-8-1-2-9-10(7-8)14-6-5-13-9/h1-2,7H,3-6,11H2. The third kappa shape index (κ3) is 1.90. The van der Waals surface area contributed by atoms with E-state index in [1.54, 1.807) is 0 Å². The van der Waals surface area contributed by atoms with E-state index in [0.29, 0.717) is 26.4 Å². The minimum atomic E-state index is 0.508. The summed E-state index contributed by atoms with van der Waals surface area (Å²) in [6, 6.07) is 5.52. The topological polar surface area (TPSA) is 53.7 Å². The molecule has 1 aliphatic rings. The van der Waals surface area contributed by atoms with Gasteiger partial charge in [0.1, 0.15) is 25.6 Å². The van der Waals surface area contributed by atoms with Crippen LogP contribution in [-0.2, 0) is 0 Å². The van der Waals surface area contributed by atoms with Crippen molar-refractivity contribution in [1.29, 1.82) is 0 Å². The number of hydrogen-bond donors (Lipinski definition) is 1. The van der Waals surface area contributed by atoms with Crippen molar-refractivity contribution in [2.24, 2.45) is 5.73 Å². The molecule has 14 heavy (non-hydrogen) atoms. The zero-order chi connectivity index (χ0) is 9.80. The van der Waals surface area contributed by atoms with E-state index in [1.807, 2.05) is 18.2 Å². The van der Waals surface area contributed by atoms with E-state index in [-0.39, 0.29) is 0 Å². The highest BCUT2D eigenvalue weighted by atomic mass is 16.6. The molecule has 0 saturated heterocycles. The Morgan fingerprint density at radius 3 is 2.79 bits per heavy atom. The molecule has 0 spiro atoms. The van der Waals surface area contributed by atoms with Crippen molar-refractivity contribution in [3.8, 4) is 17.2 Å². The average Bonchev–Trinajstić information content (AvgIpc) is 2.26. The summed E-state index contributed by atoms with van der Waals surface area (Å²) < 4.78 is 16.1. The summed E-state index contributed by atoms with van der Waals surface area (Å²) in [5.74, 6) is 2.28. The van der Waals surface area contributed by atoms with Crippen LogP contribution >= 0.6 is 0 Å². The van der Waals surface area contributed by atoms with Crippen molar-refractivity contribution in [3.05, 3.63) is 18.2 Å². The van der Waals surface area contributed by atoms with Crippen LogP contribution in [0.3, 0.4) is 0 Å². The van der Waals surface area contributed by atoms with Gasteiger partial charge in [0, 0.05) is 12.6 Å². The lowest BCUT2D eigenvalue weighted by molar-refractivity contribution is 0.170. The molecule has 0 atom stereocenters. The number of nitrogens with two attached hydrogens (primary N) is 1. The fourth-order valence-electron chi connectivity index (χ4n) is 1.29. The first kappa shape index (κ1) is 9.15. The first-order valence-electron chi connectivity index (χ1n) is 4.62. The zero-order valence-corrected chi connectivity index (χ0v) is 7.86. The van der Waals surface area contributed by atoms with Crippen LogP contribution in [0.1, 0.15) is 0 Å².